The van der Waals surface area contributed by atoms with Gasteiger partial charge < -0.3 is 20.1 Å². The van der Waals surface area contributed by atoms with Crippen LogP contribution in [0.3, 0.4) is 0 Å². The highest BCUT2D eigenvalue weighted by Gasteiger charge is 2.41. The summed E-state index contributed by atoms with van der Waals surface area (Å²) in [4.78, 5) is 25.8. The molecule has 3 rings (SSSR count). The topological polar surface area (TPSA) is 81.9 Å². The lowest BCUT2D eigenvalue weighted by atomic mass is 9.97. The Kier molecular flexibility index (Phi) is 5.89. The van der Waals surface area contributed by atoms with Crippen molar-refractivity contribution in [3.8, 4) is 5.75 Å². The molecule has 0 saturated carbocycles. The molecule has 0 aromatic heterocycles. The summed E-state index contributed by atoms with van der Waals surface area (Å²) in [6.45, 7) is 0.439. The van der Waals surface area contributed by atoms with Gasteiger partial charge in [0.05, 0.1) is 19.6 Å². The number of carbonyl (C=O) groups is 2. The van der Waals surface area contributed by atoms with Crippen LogP contribution in [0.15, 0.2) is 48.5 Å². The van der Waals surface area contributed by atoms with Crippen molar-refractivity contribution in [1.29, 1.82) is 0 Å². The molecule has 0 aliphatic carbocycles. The van der Waals surface area contributed by atoms with Crippen LogP contribution < -0.4 is 10.5 Å². The number of ether oxygens (including phenoxy) is 2. The largest absolute Gasteiger partial charge is 0.490 e. The third-order valence-corrected chi connectivity index (χ3v) is 4.42. The normalized spacial score (nSPS) is 19.3. The minimum atomic E-state index is -1.15. The van der Waals surface area contributed by atoms with Gasteiger partial charge in [0, 0.05) is 12.1 Å². The quantitative estimate of drug-likeness (QED) is 0.819. The Morgan fingerprint density at radius 2 is 1.89 bits per heavy atom. The van der Waals surface area contributed by atoms with Crippen LogP contribution >= 0.6 is 0 Å². The molecule has 1 fully saturated rings. The van der Waals surface area contributed by atoms with Gasteiger partial charge in [-0.15, -0.1) is 0 Å². The monoisotopic (exact) mass is 390 g/mol. The number of primary amides is 1. The number of nitrogens with zero attached hydrogens (tertiary/aromatic N) is 1. The Hall–Kier alpha value is -3.00. The molecule has 1 atom stereocenters. The third-order valence-electron chi connectivity index (χ3n) is 4.42. The molecule has 2 N–H and O–H groups in total. The van der Waals surface area contributed by atoms with Gasteiger partial charge in [-0.05, 0) is 42.5 Å². The molecule has 148 valence electrons. The first kappa shape index (κ1) is 19.8. The Morgan fingerprint density at radius 3 is 2.57 bits per heavy atom. The predicted molar refractivity (Wildman–Crippen MR) is 96.7 cm³/mol. The van der Waals surface area contributed by atoms with Crippen LogP contribution in [-0.4, -0.2) is 48.6 Å². The van der Waals surface area contributed by atoms with Gasteiger partial charge in [-0.2, -0.15) is 0 Å². The van der Waals surface area contributed by atoms with Gasteiger partial charge in [-0.3, -0.25) is 9.59 Å². The van der Waals surface area contributed by atoms with Crippen molar-refractivity contribution >= 4 is 11.8 Å². The van der Waals surface area contributed by atoms with E-state index in [0.717, 1.165) is 6.07 Å². The van der Waals surface area contributed by atoms with Crippen molar-refractivity contribution in [2.75, 3.05) is 26.3 Å². The van der Waals surface area contributed by atoms with Crippen LogP contribution in [0.25, 0.3) is 0 Å². The van der Waals surface area contributed by atoms with E-state index in [9.17, 15) is 18.4 Å². The van der Waals surface area contributed by atoms with Crippen molar-refractivity contribution < 1.29 is 27.8 Å². The van der Waals surface area contributed by atoms with Gasteiger partial charge in [0.15, 0.2) is 0 Å². The van der Waals surface area contributed by atoms with Gasteiger partial charge in [-0.25, -0.2) is 8.78 Å². The molecule has 1 aliphatic rings. The van der Waals surface area contributed by atoms with Crippen molar-refractivity contribution in [2.24, 2.45) is 5.73 Å². The minimum absolute atomic E-state index is 0.0481. The summed E-state index contributed by atoms with van der Waals surface area (Å²) in [6.07, 6.45) is -0.166. The molecular formula is C20H20F2N2O4. The second-order valence-corrected chi connectivity index (χ2v) is 6.65. The lowest BCUT2D eigenvalue weighted by molar-refractivity contribution is -0.142. The molecule has 1 heterocycles. The number of hydrogen-bond donors (Lipinski definition) is 1. The third kappa shape index (κ3) is 4.83. The van der Waals surface area contributed by atoms with Gasteiger partial charge in [0.25, 0.3) is 5.91 Å². The Balaban J connectivity index is 1.76. The van der Waals surface area contributed by atoms with E-state index in [1.807, 2.05) is 0 Å². The van der Waals surface area contributed by atoms with Gasteiger partial charge >= 0.3 is 0 Å². The Morgan fingerprint density at radius 1 is 1.14 bits per heavy atom. The predicted octanol–water partition coefficient (Wildman–Crippen LogP) is 2.13. The van der Waals surface area contributed by atoms with Crippen LogP contribution in [-0.2, 0) is 9.53 Å². The molecule has 0 bridgehead atoms. The van der Waals surface area contributed by atoms with Crippen molar-refractivity contribution in [2.45, 2.75) is 12.0 Å². The molecule has 0 radical (unpaired) electrons. The van der Waals surface area contributed by atoms with E-state index in [1.165, 1.54) is 47.4 Å². The zero-order valence-electron chi connectivity index (χ0n) is 15.1. The molecule has 0 spiro atoms. The molecule has 2 aromatic rings. The summed E-state index contributed by atoms with van der Waals surface area (Å²) in [5.74, 6) is -1.51. The van der Waals surface area contributed by atoms with Gasteiger partial charge in [-0.1, -0.05) is 6.07 Å². The molecule has 8 heteroatoms. The number of morpholine rings is 1. The highest BCUT2D eigenvalue weighted by Crippen LogP contribution is 2.25. The van der Waals surface area contributed by atoms with Crippen molar-refractivity contribution in [1.82, 2.24) is 4.90 Å². The smallest absolute Gasteiger partial charge is 0.254 e. The fourth-order valence-corrected chi connectivity index (χ4v) is 3.13. The molecule has 1 saturated heterocycles. The zero-order valence-corrected chi connectivity index (χ0v) is 15.1. The second-order valence-electron chi connectivity index (χ2n) is 6.65. The number of nitrogens with two attached hydrogens (primary N) is 1. The summed E-state index contributed by atoms with van der Waals surface area (Å²) in [6, 6.07) is 10.8. The molecule has 0 unspecified atom stereocenters. The first-order valence-corrected chi connectivity index (χ1v) is 8.72. The summed E-state index contributed by atoms with van der Waals surface area (Å²) in [5, 5.41) is 0. The lowest BCUT2D eigenvalue weighted by Gasteiger charge is -2.42. The number of rotatable bonds is 6. The highest BCUT2D eigenvalue weighted by molar-refractivity contribution is 5.94. The Labute approximate surface area is 160 Å². The van der Waals surface area contributed by atoms with E-state index in [2.05, 4.69) is 0 Å². The van der Waals surface area contributed by atoms with Gasteiger partial charge in [0.2, 0.25) is 5.91 Å². The maximum atomic E-state index is 13.5. The van der Waals surface area contributed by atoms with E-state index in [-0.39, 0.29) is 44.2 Å². The molecule has 28 heavy (non-hydrogen) atoms. The molecular weight excluding hydrogens is 370 g/mol. The maximum Gasteiger partial charge on any atom is 0.254 e. The van der Waals surface area contributed by atoms with Crippen LogP contribution in [0.4, 0.5) is 8.78 Å². The van der Waals surface area contributed by atoms with Crippen LogP contribution in [0.2, 0.25) is 0 Å². The van der Waals surface area contributed by atoms with Crippen LogP contribution in [0.1, 0.15) is 16.8 Å². The first-order chi connectivity index (χ1) is 13.4. The maximum absolute atomic E-state index is 13.5. The number of halogens is 2. The van der Waals surface area contributed by atoms with E-state index in [1.54, 1.807) is 0 Å². The molecule has 1 aliphatic heterocycles. The summed E-state index contributed by atoms with van der Waals surface area (Å²) < 4.78 is 38.0. The van der Waals surface area contributed by atoms with E-state index in [4.69, 9.17) is 15.2 Å². The fraction of sp³-hybridized carbons (Fsp3) is 0.300. The van der Waals surface area contributed by atoms with E-state index in [0.29, 0.717) is 5.75 Å². The number of hydrogen-bond acceptors (Lipinski definition) is 4. The number of carbonyl (C=O) groups excluding carboxylic acids is 2. The lowest BCUT2D eigenvalue weighted by Crippen LogP contribution is -2.58. The summed E-state index contributed by atoms with van der Waals surface area (Å²) >= 11 is 0. The molecule has 2 amide bonds. The zero-order chi connectivity index (χ0) is 20.1. The molecule has 2 aromatic carbocycles. The number of amides is 2. The van der Waals surface area contributed by atoms with Crippen LogP contribution in [0, 0.1) is 11.6 Å². The van der Waals surface area contributed by atoms with E-state index >= 15 is 0 Å². The van der Waals surface area contributed by atoms with Gasteiger partial charge in [0.1, 0.15) is 29.6 Å². The van der Waals surface area contributed by atoms with E-state index < -0.39 is 23.1 Å². The second kappa shape index (κ2) is 8.35. The standard InChI is InChI=1S/C20H20F2N2O4/c21-15-4-6-17(7-5-15)27-13-20(11-18(23)25)12-24(8-9-28-20)19(26)14-2-1-3-16(22)10-14/h1-7,10H,8-9,11-13H2,(H2,23,25)/t20-/m0/s1. The first-order valence-electron chi connectivity index (χ1n) is 8.72. The summed E-state index contributed by atoms with van der Waals surface area (Å²) in [5.41, 5.74) is 4.42. The fourth-order valence-electron chi connectivity index (χ4n) is 3.13. The minimum Gasteiger partial charge on any atom is -0.490 e. The van der Waals surface area contributed by atoms with Crippen molar-refractivity contribution in [3.05, 3.63) is 65.7 Å². The Bertz CT molecular complexity index is 860. The summed E-state index contributed by atoms with van der Waals surface area (Å²) in [7, 11) is 0. The average molecular weight is 390 g/mol. The van der Waals surface area contributed by atoms with Crippen LogP contribution in [0.5, 0.6) is 5.75 Å². The SMILES string of the molecule is NC(=O)C[C@@]1(COc2ccc(F)cc2)CN(C(=O)c2cccc(F)c2)CCO1. The average Bonchev–Trinajstić information content (AvgIpc) is 2.67. The highest BCUT2D eigenvalue weighted by atomic mass is 19.1. The molecule has 6 nitrogen and oxygen atoms in total. The van der Waals surface area contributed by atoms with Crippen molar-refractivity contribution in [3.63, 3.8) is 0 Å². The number of benzene rings is 2.